The number of anilines is 2. The van der Waals surface area contributed by atoms with Crippen LogP contribution in [0.5, 0.6) is 0 Å². The maximum Gasteiger partial charge on any atom is 0.280 e. The van der Waals surface area contributed by atoms with Gasteiger partial charge in [0, 0.05) is 18.4 Å². The number of aromatic nitrogens is 2. The zero-order valence-electron chi connectivity index (χ0n) is 16.9. The molecular formula is C20H25ClFN8O+. The minimum absolute atomic E-state index is 0.00201. The number of nitrogens with zero attached hydrogens (tertiary/aromatic N) is 4. The Labute approximate surface area is 184 Å². The predicted molar refractivity (Wildman–Crippen MR) is 116 cm³/mol. The Bertz CT molecular complexity index is 1020. The van der Waals surface area contributed by atoms with Crippen LogP contribution < -0.4 is 22.5 Å². The molecule has 164 valence electrons. The van der Waals surface area contributed by atoms with Gasteiger partial charge in [-0.15, -0.1) is 0 Å². The Kier molecular flexibility index (Phi) is 5.67. The van der Waals surface area contributed by atoms with E-state index in [1.165, 1.54) is 12.1 Å². The van der Waals surface area contributed by atoms with Gasteiger partial charge in [-0.05, 0) is 18.1 Å². The monoisotopic (exact) mass is 447 g/mol. The van der Waals surface area contributed by atoms with Crippen LogP contribution in [0.1, 0.15) is 28.9 Å². The molecule has 1 aromatic carbocycles. The quantitative estimate of drug-likeness (QED) is 0.315. The van der Waals surface area contributed by atoms with Crippen molar-refractivity contribution in [2.24, 2.45) is 16.6 Å². The summed E-state index contributed by atoms with van der Waals surface area (Å²) in [5, 5.41) is 2.41. The highest BCUT2D eigenvalue weighted by Gasteiger charge is 2.46. The van der Waals surface area contributed by atoms with Crippen LogP contribution in [-0.4, -0.2) is 52.0 Å². The second-order valence-corrected chi connectivity index (χ2v) is 8.62. The molecule has 5 rings (SSSR count). The summed E-state index contributed by atoms with van der Waals surface area (Å²) in [4.78, 5) is 24.8. The average molecular weight is 448 g/mol. The number of aliphatic imine (C=N–C) groups is 1. The highest BCUT2D eigenvalue weighted by Crippen LogP contribution is 2.37. The number of hydrogen-bond donors (Lipinski definition) is 4. The van der Waals surface area contributed by atoms with E-state index in [1.807, 2.05) is 12.1 Å². The first-order chi connectivity index (χ1) is 14.7. The van der Waals surface area contributed by atoms with Gasteiger partial charge in [-0.2, -0.15) is 0 Å². The second-order valence-electron chi connectivity index (χ2n) is 8.26. The molecule has 7 N–H and O–H groups in total. The molecule has 2 aromatic rings. The smallest absolute Gasteiger partial charge is 0.280 e. The van der Waals surface area contributed by atoms with Crippen molar-refractivity contribution in [1.82, 2.24) is 15.3 Å². The fraction of sp³-hybridized carbons (Fsp3) is 0.400. The van der Waals surface area contributed by atoms with Gasteiger partial charge in [0.2, 0.25) is 0 Å². The van der Waals surface area contributed by atoms with Crippen LogP contribution in [0.25, 0.3) is 0 Å². The maximum absolute atomic E-state index is 13.2. The number of halogens is 2. The number of nitrogen functional groups attached to an aromatic ring is 2. The lowest BCUT2D eigenvalue weighted by molar-refractivity contribution is -0.955. The van der Waals surface area contributed by atoms with E-state index in [0.29, 0.717) is 5.92 Å². The number of hydrogen-bond acceptors (Lipinski definition) is 6. The van der Waals surface area contributed by atoms with Crippen LogP contribution >= 0.6 is 11.6 Å². The molecule has 11 heteroatoms. The molecule has 1 atom stereocenters. The van der Waals surface area contributed by atoms with Gasteiger partial charge in [-0.1, -0.05) is 23.7 Å². The fourth-order valence-corrected chi connectivity index (χ4v) is 4.72. The number of nitrogens with one attached hydrogen (secondary N) is 1. The molecule has 3 aliphatic rings. The van der Waals surface area contributed by atoms with E-state index >= 15 is 0 Å². The molecule has 1 amide bonds. The van der Waals surface area contributed by atoms with E-state index in [1.54, 1.807) is 0 Å². The standard InChI is InChI=1S/C20H24ClFN8O/c21-16-18(24)28-17(23)15(27-16)19(31)29-20(25)26-14-10-30(7-5-12(14)6-8-30)9-11-1-3-13(22)4-2-11/h1-4,12,14H,5-10H2,(H6-,23,24,25,26,28,29,31)/p+1. The number of carbonyl (C=O) groups is 1. The molecule has 0 radical (unpaired) electrons. The fourth-order valence-electron chi connectivity index (χ4n) is 4.59. The zero-order chi connectivity index (χ0) is 22.2. The van der Waals surface area contributed by atoms with Gasteiger partial charge >= 0.3 is 0 Å². The summed E-state index contributed by atoms with van der Waals surface area (Å²) in [6, 6.07) is 6.64. The van der Waals surface area contributed by atoms with Crippen LogP contribution in [0.2, 0.25) is 5.15 Å². The normalized spacial score (nSPS) is 25.4. The largest absolute Gasteiger partial charge is 0.382 e. The SMILES string of the molecule is NC(=NC1C[N+]2(Cc3ccc(F)cc3)CCC1CC2)NC(=O)c1nc(Cl)c(N)nc1N. The van der Waals surface area contributed by atoms with E-state index in [4.69, 9.17) is 28.8 Å². The van der Waals surface area contributed by atoms with Crippen LogP contribution in [0, 0.1) is 11.7 Å². The number of nitrogens with two attached hydrogens (primary N) is 3. The molecule has 9 nitrogen and oxygen atoms in total. The van der Waals surface area contributed by atoms with E-state index in [2.05, 4.69) is 20.3 Å². The molecule has 31 heavy (non-hydrogen) atoms. The molecule has 0 aliphatic carbocycles. The van der Waals surface area contributed by atoms with E-state index in [0.717, 1.165) is 49.1 Å². The first-order valence-electron chi connectivity index (χ1n) is 10.1. The van der Waals surface area contributed by atoms with Crippen molar-refractivity contribution in [1.29, 1.82) is 0 Å². The van der Waals surface area contributed by atoms with Gasteiger partial charge < -0.3 is 21.7 Å². The van der Waals surface area contributed by atoms with Crippen molar-refractivity contribution in [2.45, 2.75) is 25.4 Å². The number of amides is 1. The Morgan fingerprint density at radius 3 is 2.55 bits per heavy atom. The molecule has 3 saturated heterocycles. The molecule has 4 heterocycles. The number of fused-ring (bicyclic) bond motifs is 3. The van der Waals surface area contributed by atoms with Crippen molar-refractivity contribution in [3.8, 4) is 0 Å². The third-order valence-corrected chi connectivity index (χ3v) is 6.44. The molecule has 0 spiro atoms. The number of piperidine rings is 3. The molecular weight excluding hydrogens is 423 g/mol. The van der Waals surface area contributed by atoms with Crippen LogP contribution in [0.3, 0.4) is 0 Å². The Morgan fingerprint density at radius 1 is 1.19 bits per heavy atom. The number of benzene rings is 1. The van der Waals surface area contributed by atoms with Gasteiger partial charge in [0.15, 0.2) is 28.4 Å². The first kappa shape index (κ1) is 21.3. The zero-order valence-corrected chi connectivity index (χ0v) is 17.6. The van der Waals surface area contributed by atoms with Gasteiger partial charge in [-0.25, -0.2) is 19.4 Å². The number of quaternary nitrogens is 1. The summed E-state index contributed by atoms with van der Waals surface area (Å²) in [6.45, 7) is 3.74. The first-order valence-corrected chi connectivity index (χ1v) is 10.5. The lowest BCUT2D eigenvalue weighted by Gasteiger charge is -2.51. The lowest BCUT2D eigenvalue weighted by Crippen LogP contribution is -2.63. The third-order valence-electron chi connectivity index (χ3n) is 6.16. The van der Waals surface area contributed by atoms with Crippen molar-refractivity contribution in [3.05, 3.63) is 46.5 Å². The van der Waals surface area contributed by atoms with E-state index in [-0.39, 0.29) is 40.3 Å². The number of guanidine groups is 1. The van der Waals surface area contributed by atoms with Gasteiger partial charge in [0.25, 0.3) is 5.91 Å². The van der Waals surface area contributed by atoms with E-state index in [9.17, 15) is 9.18 Å². The maximum atomic E-state index is 13.2. The molecule has 3 fully saturated rings. The minimum Gasteiger partial charge on any atom is -0.382 e. The highest BCUT2D eigenvalue weighted by atomic mass is 35.5. The van der Waals surface area contributed by atoms with Crippen molar-refractivity contribution in [3.63, 3.8) is 0 Å². The average Bonchev–Trinajstić information content (AvgIpc) is 2.73. The summed E-state index contributed by atoms with van der Waals surface area (Å²) in [5.41, 5.74) is 18.2. The predicted octanol–water partition coefficient (Wildman–Crippen LogP) is 1.29. The number of rotatable bonds is 4. The van der Waals surface area contributed by atoms with Crippen molar-refractivity contribution >= 4 is 35.1 Å². The molecule has 1 aromatic heterocycles. The second kappa shape index (κ2) is 8.27. The van der Waals surface area contributed by atoms with Crippen molar-refractivity contribution < 1.29 is 13.7 Å². The lowest BCUT2D eigenvalue weighted by atomic mass is 9.81. The summed E-state index contributed by atoms with van der Waals surface area (Å²) < 4.78 is 14.1. The van der Waals surface area contributed by atoms with Gasteiger partial charge in [0.1, 0.15) is 24.9 Å². The molecule has 2 bridgehead atoms. The molecule has 1 unspecified atom stereocenters. The van der Waals surface area contributed by atoms with Gasteiger partial charge in [0.05, 0.1) is 13.1 Å². The molecule has 3 aliphatic heterocycles. The van der Waals surface area contributed by atoms with Crippen LogP contribution in [0.15, 0.2) is 29.3 Å². The highest BCUT2D eigenvalue weighted by molar-refractivity contribution is 6.31. The summed E-state index contributed by atoms with van der Waals surface area (Å²) >= 11 is 5.84. The summed E-state index contributed by atoms with van der Waals surface area (Å²) in [6.07, 6.45) is 2.06. The summed E-state index contributed by atoms with van der Waals surface area (Å²) in [7, 11) is 0. The van der Waals surface area contributed by atoms with Gasteiger partial charge in [-0.3, -0.25) is 10.1 Å². The van der Waals surface area contributed by atoms with Crippen molar-refractivity contribution in [2.75, 3.05) is 31.1 Å². The minimum atomic E-state index is -0.648. The Hall–Kier alpha value is -2.98. The topological polar surface area (TPSA) is 145 Å². The summed E-state index contributed by atoms with van der Waals surface area (Å²) in [5.74, 6) is -0.666. The van der Waals surface area contributed by atoms with E-state index < -0.39 is 5.91 Å². The Morgan fingerprint density at radius 2 is 1.87 bits per heavy atom. The molecule has 0 saturated carbocycles. The third kappa shape index (κ3) is 4.54. The number of carbonyl (C=O) groups excluding carboxylic acids is 1. The van der Waals surface area contributed by atoms with Crippen LogP contribution in [0.4, 0.5) is 16.0 Å². The Balaban J connectivity index is 1.46. The van der Waals surface area contributed by atoms with Crippen LogP contribution in [-0.2, 0) is 6.54 Å².